The van der Waals surface area contributed by atoms with E-state index in [1.807, 2.05) is 31.2 Å². The number of para-hydroxylation sites is 1. The Hall–Kier alpha value is -3.61. The normalized spacial score (nSPS) is 11.0. The summed E-state index contributed by atoms with van der Waals surface area (Å²) < 4.78 is 6.83. The van der Waals surface area contributed by atoms with Crippen LogP contribution in [0.3, 0.4) is 0 Å². The number of nitrogens with zero attached hydrogens (tertiary/aromatic N) is 2. The number of anilines is 1. The van der Waals surface area contributed by atoms with E-state index in [1.165, 1.54) is 10.9 Å². The maximum Gasteiger partial charge on any atom is 0.277 e. The number of benzene rings is 2. The van der Waals surface area contributed by atoms with E-state index in [2.05, 4.69) is 15.3 Å². The van der Waals surface area contributed by atoms with Crippen molar-refractivity contribution in [3.05, 3.63) is 65.2 Å². The van der Waals surface area contributed by atoms with Crippen molar-refractivity contribution in [2.75, 3.05) is 11.9 Å². The molecule has 0 bridgehead atoms. The number of nitrogens with one attached hydrogen (secondary N) is 2. The van der Waals surface area contributed by atoms with Crippen LogP contribution in [-0.2, 0) is 11.3 Å². The van der Waals surface area contributed by atoms with E-state index in [1.54, 1.807) is 24.3 Å². The van der Waals surface area contributed by atoms with Gasteiger partial charge in [0, 0.05) is 29.6 Å². The Morgan fingerprint density at radius 2 is 1.96 bits per heavy atom. The number of carbonyl (C=O) groups excluding carboxylic acids is 1. The van der Waals surface area contributed by atoms with Gasteiger partial charge in [-0.2, -0.15) is 0 Å². The molecule has 0 aliphatic heterocycles. The van der Waals surface area contributed by atoms with E-state index in [0.717, 1.165) is 16.7 Å². The van der Waals surface area contributed by atoms with Crippen LogP contribution >= 0.6 is 0 Å². The minimum atomic E-state index is -0.185. The first-order valence-electron chi connectivity index (χ1n) is 9.14. The molecule has 2 heterocycles. The van der Waals surface area contributed by atoms with Gasteiger partial charge in [0.1, 0.15) is 16.8 Å². The molecule has 7 heteroatoms. The number of ether oxygens (including phenoxy) is 1. The highest BCUT2D eigenvalue weighted by Gasteiger charge is 2.11. The zero-order valence-electron chi connectivity index (χ0n) is 15.4. The van der Waals surface area contributed by atoms with Crippen LogP contribution in [0, 0.1) is 0 Å². The summed E-state index contributed by atoms with van der Waals surface area (Å²) in [6, 6.07) is 14.8. The molecule has 7 nitrogen and oxygen atoms in total. The molecule has 2 N–H and O–H groups in total. The van der Waals surface area contributed by atoms with Gasteiger partial charge in [-0.1, -0.05) is 18.2 Å². The van der Waals surface area contributed by atoms with Gasteiger partial charge in [-0.25, -0.2) is 4.98 Å². The lowest BCUT2D eigenvalue weighted by Crippen LogP contribution is -2.23. The molecule has 142 valence electrons. The van der Waals surface area contributed by atoms with Crippen molar-refractivity contribution in [2.45, 2.75) is 19.9 Å². The van der Waals surface area contributed by atoms with Crippen molar-refractivity contribution < 1.29 is 9.53 Å². The Labute approximate surface area is 161 Å². The average Bonchev–Trinajstić information content (AvgIpc) is 3.09. The molecule has 0 saturated heterocycles. The number of hydrogen-bond donors (Lipinski definition) is 2. The summed E-state index contributed by atoms with van der Waals surface area (Å²) in [6.45, 7) is 2.76. The van der Waals surface area contributed by atoms with Crippen LogP contribution in [0.5, 0.6) is 5.75 Å². The third kappa shape index (κ3) is 3.46. The fraction of sp³-hybridized carbons (Fsp3) is 0.190. The minimum absolute atomic E-state index is 0.167. The van der Waals surface area contributed by atoms with Crippen LogP contribution in [0.25, 0.3) is 21.9 Å². The molecule has 2 aromatic heterocycles. The third-order valence-corrected chi connectivity index (χ3v) is 4.51. The Morgan fingerprint density at radius 1 is 1.18 bits per heavy atom. The molecule has 0 unspecified atom stereocenters. The first kappa shape index (κ1) is 17.8. The first-order valence-corrected chi connectivity index (χ1v) is 9.14. The maximum atomic E-state index is 12.7. The van der Waals surface area contributed by atoms with Gasteiger partial charge in [-0.05, 0) is 37.3 Å². The van der Waals surface area contributed by atoms with Gasteiger partial charge < -0.3 is 15.0 Å². The first-order chi connectivity index (χ1) is 13.7. The predicted molar refractivity (Wildman–Crippen MR) is 109 cm³/mol. The number of fused-ring (bicyclic) bond motifs is 3. The van der Waals surface area contributed by atoms with Crippen molar-refractivity contribution in [3.63, 3.8) is 0 Å². The topological polar surface area (TPSA) is 89.0 Å². The Balaban J connectivity index is 1.46. The van der Waals surface area contributed by atoms with E-state index in [0.29, 0.717) is 23.3 Å². The van der Waals surface area contributed by atoms with E-state index < -0.39 is 0 Å². The second-order valence-corrected chi connectivity index (χ2v) is 6.39. The summed E-state index contributed by atoms with van der Waals surface area (Å²) in [5.74, 6) is 0.581. The summed E-state index contributed by atoms with van der Waals surface area (Å²) >= 11 is 0. The summed E-state index contributed by atoms with van der Waals surface area (Å²) in [7, 11) is 0. The van der Waals surface area contributed by atoms with Crippen LogP contribution in [-0.4, -0.2) is 27.0 Å². The van der Waals surface area contributed by atoms with Gasteiger partial charge in [0.15, 0.2) is 0 Å². The second-order valence-electron chi connectivity index (χ2n) is 6.39. The number of amides is 1. The monoisotopic (exact) mass is 376 g/mol. The van der Waals surface area contributed by atoms with Crippen LogP contribution < -0.4 is 15.6 Å². The lowest BCUT2D eigenvalue weighted by molar-refractivity contribution is -0.116. The molecule has 28 heavy (non-hydrogen) atoms. The zero-order valence-corrected chi connectivity index (χ0v) is 15.4. The lowest BCUT2D eigenvalue weighted by Gasteiger charge is -2.08. The van der Waals surface area contributed by atoms with Gasteiger partial charge >= 0.3 is 0 Å². The molecule has 4 rings (SSSR count). The largest absolute Gasteiger partial charge is 0.494 e. The summed E-state index contributed by atoms with van der Waals surface area (Å²) in [6.07, 6.45) is 1.66. The Kier molecular flexibility index (Phi) is 4.80. The standard InChI is InChI=1S/C21H20N4O3/c1-2-28-15-9-7-14(8-10-15)23-18(26)11-12-25-13-22-19-16-5-3-4-6-17(16)24-20(19)21(25)27/h3-10,13,24H,2,11-12H2,1H3,(H,23,26). The van der Waals surface area contributed by atoms with Crippen LogP contribution in [0.1, 0.15) is 13.3 Å². The average molecular weight is 376 g/mol. The van der Waals surface area contributed by atoms with Gasteiger partial charge in [0.05, 0.1) is 12.9 Å². The summed E-state index contributed by atoms with van der Waals surface area (Å²) in [5, 5.41) is 3.73. The third-order valence-electron chi connectivity index (χ3n) is 4.51. The number of hydrogen-bond acceptors (Lipinski definition) is 4. The molecule has 1 amide bonds. The van der Waals surface area contributed by atoms with E-state index in [4.69, 9.17) is 4.74 Å². The van der Waals surface area contributed by atoms with E-state index >= 15 is 0 Å². The van der Waals surface area contributed by atoms with Crippen LogP contribution in [0.4, 0.5) is 5.69 Å². The minimum Gasteiger partial charge on any atom is -0.494 e. The number of carbonyl (C=O) groups is 1. The molecule has 0 spiro atoms. The highest BCUT2D eigenvalue weighted by Crippen LogP contribution is 2.20. The summed E-state index contributed by atoms with van der Waals surface area (Å²) in [4.78, 5) is 32.5. The fourth-order valence-electron chi connectivity index (χ4n) is 3.15. The van der Waals surface area contributed by atoms with Crippen molar-refractivity contribution in [1.29, 1.82) is 0 Å². The number of H-pyrrole nitrogens is 1. The molecule has 2 aromatic carbocycles. The van der Waals surface area contributed by atoms with Gasteiger partial charge in [0.25, 0.3) is 5.56 Å². The highest BCUT2D eigenvalue weighted by atomic mass is 16.5. The molecular formula is C21H20N4O3. The van der Waals surface area contributed by atoms with Crippen LogP contribution in [0.2, 0.25) is 0 Å². The fourth-order valence-corrected chi connectivity index (χ4v) is 3.15. The molecule has 4 aromatic rings. The number of rotatable bonds is 6. The van der Waals surface area contributed by atoms with Gasteiger partial charge in [-0.3, -0.25) is 14.2 Å². The summed E-state index contributed by atoms with van der Waals surface area (Å²) in [5.41, 5.74) is 2.47. The van der Waals surface area contributed by atoms with Crippen molar-refractivity contribution >= 4 is 33.5 Å². The maximum absolute atomic E-state index is 12.7. The quantitative estimate of drug-likeness (QED) is 0.540. The second kappa shape index (κ2) is 7.56. The van der Waals surface area contributed by atoms with Gasteiger partial charge in [0.2, 0.25) is 5.91 Å². The van der Waals surface area contributed by atoms with Crippen LogP contribution in [0.15, 0.2) is 59.7 Å². The molecule has 0 aliphatic rings. The lowest BCUT2D eigenvalue weighted by atomic mass is 10.2. The SMILES string of the molecule is CCOc1ccc(NC(=O)CCn2cnc3c([nH]c4ccccc43)c2=O)cc1. The van der Waals surface area contributed by atoms with Crippen molar-refractivity contribution in [3.8, 4) is 5.75 Å². The number of aromatic amines is 1. The number of aryl methyl sites for hydroxylation is 1. The predicted octanol–water partition coefficient (Wildman–Crippen LogP) is 3.31. The molecule has 0 radical (unpaired) electrons. The zero-order chi connectivity index (χ0) is 19.5. The van der Waals surface area contributed by atoms with E-state index in [9.17, 15) is 9.59 Å². The molecule has 0 fully saturated rings. The molecular weight excluding hydrogens is 356 g/mol. The smallest absolute Gasteiger partial charge is 0.277 e. The highest BCUT2D eigenvalue weighted by molar-refractivity contribution is 6.04. The molecule has 0 atom stereocenters. The van der Waals surface area contributed by atoms with E-state index in [-0.39, 0.29) is 24.4 Å². The Morgan fingerprint density at radius 3 is 2.75 bits per heavy atom. The number of aromatic nitrogens is 3. The molecule has 0 aliphatic carbocycles. The van der Waals surface area contributed by atoms with Gasteiger partial charge in [-0.15, -0.1) is 0 Å². The van der Waals surface area contributed by atoms with Crippen molar-refractivity contribution in [1.82, 2.24) is 14.5 Å². The molecule has 0 saturated carbocycles. The Bertz CT molecular complexity index is 1190. The van der Waals surface area contributed by atoms with Crippen molar-refractivity contribution in [2.24, 2.45) is 0 Å².